The molecule has 0 saturated carbocycles. The number of para-hydroxylation sites is 3. The lowest BCUT2D eigenvalue weighted by atomic mass is 9.83. The maximum atomic E-state index is 6.81. The molecular weight excluding hydrogens is 1510 g/mol. The lowest BCUT2D eigenvalue weighted by Crippen LogP contribution is -1.92. The molecule has 0 radical (unpaired) electrons. The molecular formula is C122H74O3. The fourth-order valence-corrected chi connectivity index (χ4v) is 20.6. The van der Waals surface area contributed by atoms with Crippen LogP contribution < -0.4 is 0 Å². The Morgan fingerprint density at radius 2 is 0.392 bits per heavy atom. The van der Waals surface area contributed by atoms with E-state index in [-0.39, 0.29) is 0 Å². The van der Waals surface area contributed by atoms with E-state index >= 15 is 0 Å². The Morgan fingerprint density at radius 1 is 0.112 bits per heavy atom. The van der Waals surface area contributed by atoms with E-state index in [1.165, 1.54) is 169 Å². The van der Waals surface area contributed by atoms with Gasteiger partial charge in [0.1, 0.15) is 33.5 Å². The van der Waals surface area contributed by atoms with Gasteiger partial charge in [0.2, 0.25) is 0 Å². The van der Waals surface area contributed by atoms with Crippen LogP contribution in [0, 0.1) is 0 Å². The first-order valence-corrected chi connectivity index (χ1v) is 43.0. The van der Waals surface area contributed by atoms with Crippen molar-refractivity contribution in [1.82, 2.24) is 0 Å². The number of rotatable bonds is 7. The summed E-state index contributed by atoms with van der Waals surface area (Å²) in [7, 11) is 0. The van der Waals surface area contributed by atoms with Crippen molar-refractivity contribution in [2.45, 2.75) is 0 Å². The van der Waals surface area contributed by atoms with Gasteiger partial charge in [0.05, 0.1) is 0 Å². The molecule has 3 heteroatoms. The molecule has 580 valence electrons. The highest BCUT2D eigenvalue weighted by Crippen LogP contribution is 2.53. The molecule has 27 aromatic rings. The first-order chi connectivity index (χ1) is 62.1. The van der Waals surface area contributed by atoms with E-state index in [1.807, 2.05) is 0 Å². The van der Waals surface area contributed by atoms with Gasteiger partial charge in [0.25, 0.3) is 0 Å². The summed E-state index contributed by atoms with van der Waals surface area (Å²) in [6.45, 7) is 0. The third-order valence-electron chi connectivity index (χ3n) is 26.1. The van der Waals surface area contributed by atoms with Crippen LogP contribution in [0.15, 0.2) is 462 Å². The molecule has 0 aliphatic rings. The third kappa shape index (κ3) is 11.5. The van der Waals surface area contributed by atoms with Crippen LogP contribution in [0.3, 0.4) is 0 Å². The highest BCUT2D eigenvalue weighted by Gasteiger charge is 2.27. The van der Waals surface area contributed by atoms with E-state index < -0.39 is 0 Å². The van der Waals surface area contributed by atoms with Crippen LogP contribution >= 0.6 is 0 Å². The molecule has 3 heterocycles. The summed E-state index contributed by atoms with van der Waals surface area (Å²) in [6.07, 6.45) is 0. The molecule has 0 bridgehead atoms. The zero-order valence-corrected chi connectivity index (χ0v) is 67.9. The predicted molar refractivity (Wildman–Crippen MR) is 532 cm³/mol. The first kappa shape index (κ1) is 71.5. The summed E-state index contributed by atoms with van der Waals surface area (Å²) in [5.74, 6) is 0. The highest BCUT2D eigenvalue weighted by molar-refractivity contribution is 6.30. The topological polar surface area (TPSA) is 39.4 Å². The summed E-state index contributed by atoms with van der Waals surface area (Å²) in [5, 5.41) is 33.8. The van der Waals surface area contributed by atoms with Gasteiger partial charge in [-0.05, 0) is 183 Å². The molecule has 0 unspecified atom stereocenters. The van der Waals surface area contributed by atoms with E-state index in [4.69, 9.17) is 13.3 Å². The molecule has 0 aliphatic carbocycles. The van der Waals surface area contributed by atoms with E-state index in [2.05, 4.69) is 449 Å². The van der Waals surface area contributed by atoms with Gasteiger partial charge >= 0.3 is 0 Å². The number of furan rings is 3. The van der Waals surface area contributed by atoms with Gasteiger partial charge in [0.15, 0.2) is 0 Å². The van der Waals surface area contributed by atoms with Crippen LogP contribution in [-0.4, -0.2) is 0 Å². The Hall–Kier alpha value is -16.5. The molecule has 3 aromatic heterocycles. The molecule has 0 fully saturated rings. The van der Waals surface area contributed by atoms with Gasteiger partial charge in [-0.1, -0.05) is 419 Å². The minimum atomic E-state index is 0.918. The summed E-state index contributed by atoms with van der Waals surface area (Å²) >= 11 is 0. The van der Waals surface area contributed by atoms with E-state index in [0.29, 0.717) is 0 Å². The van der Waals surface area contributed by atoms with E-state index in [0.717, 1.165) is 93.3 Å². The van der Waals surface area contributed by atoms with Gasteiger partial charge in [0, 0.05) is 76.5 Å². The van der Waals surface area contributed by atoms with Crippen molar-refractivity contribution < 1.29 is 13.3 Å². The third-order valence-corrected chi connectivity index (χ3v) is 26.1. The van der Waals surface area contributed by atoms with Gasteiger partial charge in [-0.15, -0.1) is 0 Å². The molecule has 0 atom stereocenters. The number of fused-ring (bicyclic) bond motifs is 22. The normalized spacial score (nSPS) is 11.8. The average Bonchev–Trinajstić information content (AvgIpc) is 1.70. The fraction of sp³-hybridized carbons (Fsp3) is 0. The standard InChI is InChI=1S/C46H28O.C40H24O.C36H22O/c1-2-13-29(14-3-1)32-25-26-39(34-18-7-6-17-33(32)34)44-35-19-8-10-21-37(35)45(38-22-11-9-20-36(38)44)41-24-12-23-40-42-27-30-15-4-5-16-31(30)28-43(42)47-46(40)41;1-2-12-27-24-28(21-20-25(27)10-1)37-30-14-5-7-16-32(30)38(33-17-8-6-15-31(33)37)36-19-9-18-34-35-23-22-26-11-3-4-13-29(26)39(35)41-40(34)36;1-2-12-24(13-3-1)33-26-15-6-8-17-28(26)34(29-18-9-7-16-27(29)33)32-20-10-19-30-31-22-21-23-11-4-5-14-25(23)35(31)37-36(30)32/h1-28H;1-24H;1-22H. The molecule has 24 aromatic carbocycles. The average molecular weight is 1590 g/mol. The molecule has 0 amide bonds. The van der Waals surface area contributed by atoms with Crippen LogP contribution in [0.5, 0.6) is 0 Å². The minimum Gasteiger partial charge on any atom is -0.455 e. The summed E-state index contributed by atoms with van der Waals surface area (Å²) in [5.41, 5.74) is 22.6. The van der Waals surface area contributed by atoms with Crippen molar-refractivity contribution in [3.8, 4) is 77.9 Å². The van der Waals surface area contributed by atoms with Crippen LogP contribution in [0.25, 0.3) is 262 Å². The van der Waals surface area contributed by atoms with Crippen molar-refractivity contribution in [3.63, 3.8) is 0 Å². The maximum Gasteiger partial charge on any atom is 0.143 e. The quantitative estimate of drug-likeness (QED) is 0.149. The van der Waals surface area contributed by atoms with Crippen LogP contribution in [0.1, 0.15) is 0 Å². The Balaban J connectivity index is 0.000000103. The SMILES string of the molecule is c1ccc(-c2c3ccccc3c(-c3cccc4c3oc3c5ccccc5ccc43)c3ccccc23)cc1.c1ccc(-c2ccc(-c3c4ccccc4c(-c4cccc5c4oc4cc6ccccc6cc45)c4ccccc34)c3ccccc23)cc1.c1ccc2cc(-c3c4ccccc4c(-c4cccc5c4oc4c6ccccc6ccc54)c4ccccc34)ccc2c1. The van der Waals surface area contributed by atoms with Crippen LogP contribution in [0.4, 0.5) is 0 Å². The first-order valence-electron chi connectivity index (χ1n) is 43.0. The molecule has 0 saturated heterocycles. The molecule has 125 heavy (non-hydrogen) atoms. The van der Waals surface area contributed by atoms with Crippen molar-refractivity contribution in [1.29, 1.82) is 0 Å². The Kier molecular flexibility index (Phi) is 16.7. The van der Waals surface area contributed by atoms with Gasteiger partial charge < -0.3 is 13.3 Å². The second-order valence-electron chi connectivity index (χ2n) is 32.9. The van der Waals surface area contributed by atoms with Gasteiger partial charge in [-0.2, -0.15) is 0 Å². The van der Waals surface area contributed by atoms with Crippen molar-refractivity contribution in [2.24, 2.45) is 0 Å². The van der Waals surface area contributed by atoms with Crippen molar-refractivity contribution in [3.05, 3.63) is 449 Å². The molecule has 27 rings (SSSR count). The van der Waals surface area contributed by atoms with Crippen molar-refractivity contribution >= 4 is 184 Å². The Bertz CT molecular complexity index is 8950. The van der Waals surface area contributed by atoms with Gasteiger partial charge in [-0.3, -0.25) is 0 Å². The van der Waals surface area contributed by atoms with Crippen LogP contribution in [0.2, 0.25) is 0 Å². The van der Waals surface area contributed by atoms with Gasteiger partial charge in [-0.25, -0.2) is 0 Å². The number of benzene rings is 24. The summed E-state index contributed by atoms with van der Waals surface area (Å²) < 4.78 is 20.3. The monoisotopic (exact) mass is 1590 g/mol. The minimum absolute atomic E-state index is 0.918. The molecule has 0 aliphatic heterocycles. The molecule has 3 nitrogen and oxygen atoms in total. The number of hydrogen-bond acceptors (Lipinski definition) is 3. The van der Waals surface area contributed by atoms with Crippen LogP contribution in [-0.2, 0) is 0 Å². The molecule has 0 spiro atoms. The fourth-order valence-electron chi connectivity index (χ4n) is 20.6. The Morgan fingerprint density at radius 3 is 0.824 bits per heavy atom. The zero-order valence-electron chi connectivity index (χ0n) is 67.9. The number of hydrogen-bond donors (Lipinski definition) is 0. The predicted octanol–water partition coefficient (Wildman–Crippen LogP) is 35.1. The lowest BCUT2D eigenvalue weighted by Gasteiger charge is -2.19. The second-order valence-corrected chi connectivity index (χ2v) is 32.9. The smallest absolute Gasteiger partial charge is 0.143 e. The Labute approximate surface area is 719 Å². The van der Waals surface area contributed by atoms with E-state index in [9.17, 15) is 0 Å². The maximum absolute atomic E-state index is 6.81. The molecule has 0 N–H and O–H groups in total. The lowest BCUT2D eigenvalue weighted by molar-refractivity contribution is 0.670. The van der Waals surface area contributed by atoms with Crippen molar-refractivity contribution in [2.75, 3.05) is 0 Å². The summed E-state index contributed by atoms with van der Waals surface area (Å²) in [6, 6.07) is 162. The van der Waals surface area contributed by atoms with E-state index in [1.54, 1.807) is 0 Å². The largest absolute Gasteiger partial charge is 0.455 e. The second kappa shape index (κ2) is 29.2. The highest BCUT2D eigenvalue weighted by atomic mass is 16.3. The summed E-state index contributed by atoms with van der Waals surface area (Å²) in [4.78, 5) is 0. The zero-order chi connectivity index (χ0) is 82.2.